The van der Waals surface area contributed by atoms with Gasteiger partial charge in [0, 0.05) is 0 Å². The summed E-state index contributed by atoms with van der Waals surface area (Å²) in [4.78, 5) is 8.14. The van der Waals surface area contributed by atoms with E-state index in [0.717, 1.165) is 9.37 Å². The van der Waals surface area contributed by atoms with Gasteiger partial charge in [0.1, 0.15) is 16.5 Å². The van der Waals surface area contributed by atoms with Crippen LogP contribution in [0.25, 0.3) is 0 Å². The molecule has 13 heavy (non-hydrogen) atoms. The van der Waals surface area contributed by atoms with E-state index in [1.54, 1.807) is 6.07 Å². The van der Waals surface area contributed by atoms with E-state index in [0.29, 0.717) is 5.15 Å². The molecule has 0 bridgehead atoms. The molecular weight excluding hydrogens is 226 g/mol. The lowest BCUT2D eigenvalue weighted by Gasteiger charge is -1.95. The number of nitrogens with zero attached hydrogens (tertiary/aromatic N) is 3. The highest BCUT2D eigenvalue weighted by Gasteiger charge is 2.01. The smallest absolute Gasteiger partial charge is 0.175 e. The minimum Gasteiger partial charge on any atom is -0.229 e. The molecule has 2 heterocycles. The predicted molar refractivity (Wildman–Crippen MR) is 53.3 cm³/mol. The molecule has 2 aromatic heterocycles. The molecule has 0 radical (unpaired) electrons. The fraction of sp³-hybridized carbons (Fsp3) is 0. The quantitative estimate of drug-likeness (QED) is 0.743. The molecule has 0 saturated heterocycles. The molecule has 0 aromatic carbocycles. The summed E-state index contributed by atoms with van der Waals surface area (Å²) in [5.41, 5.74) is 0. The van der Waals surface area contributed by atoms with Crippen molar-refractivity contribution in [3.63, 3.8) is 0 Å². The number of hydrogen-bond donors (Lipinski definition) is 0. The Kier molecular flexibility index (Phi) is 2.77. The van der Waals surface area contributed by atoms with Crippen molar-refractivity contribution in [2.75, 3.05) is 0 Å². The second-order valence-electron chi connectivity index (χ2n) is 2.11. The summed E-state index contributed by atoms with van der Waals surface area (Å²) in [5.74, 6) is 0. The summed E-state index contributed by atoms with van der Waals surface area (Å²) in [6, 6.07) is 5.49. The molecule has 2 aromatic rings. The third kappa shape index (κ3) is 2.40. The Hall–Kier alpha value is -0.650. The van der Waals surface area contributed by atoms with E-state index < -0.39 is 0 Å². The molecule has 2 rings (SSSR count). The third-order valence-electron chi connectivity index (χ3n) is 1.22. The third-order valence-corrected chi connectivity index (χ3v) is 3.08. The Balaban J connectivity index is 2.19. The minimum absolute atomic E-state index is 0.495. The normalized spacial score (nSPS) is 10.2. The van der Waals surface area contributed by atoms with Crippen molar-refractivity contribution in [1.82, 2.24) is 14.3 Å². The van der Waals surface area contributed by atoms with Crippen molar-refractivity contribution in [3.05, 3.63) is 29.7 Å². The van der Waals surface area contributed by atoms with E-state index in [1.165, 1.54) is 29.6 Å². The predicted octanol–water partition coefficient (Wildman–Crippen LogP) is 2.74. The van der Waals surface area contributed by atoms with E-state index in [4.69, 9.17) is 11.6 Å². The van der Waals surface area contributed by atoms with Gasteiger partial charge in [0.05, 0.1) is 0 Å². The molecule has 0 saturated carbocycles. The van der Waals surface area contributed by atoms with Crippen molar-refractivity contribution in [1.29, 1.82) is 0 Å². The van der Waals surface area contributed by atoms with Crippen LogP contribution >= 0.6 is 34.9 Å². The fourth-order valence-electron chi connectivity index (χ4n) is 0.744. The molecule has 0 atom stereocenters. The molecule has 0 amide bonds. The van der Waals surface area contributed by atoms with Gasteiger partial charge in [0.25, 0.3) is 0 Å². The SMILES string of the molecule is Clc1cccc(Sc2ncns2)n1. The highest BCUT2D eigenvalue weighted by molar-refractivity contribution is 8.00. The zero-order valence-electron chi connectivity index (χ0n) is 6.35. The number of rotatable bonds is 2. The molecule has 0 N–H and O–H groups in total. The molecular formula is C7H4ClN3S2. The second kappa shape index (κ2) is 4.04. The fourth-order valence-corrected chi connectivity index (χ4v) is 2.34. The van der Waals surface area contributed by atoms with Crippen LogP contribution in [0.4, 0.5) is 0 Å². The van der Waals surface area contributed by atoms with Crippen molar-refractivity contribution < 1.29 is 0 Å². The van der Waals surface area contributed by atoms with Crippen molar-refractivity contribution in [2.24, 2.45) is 0 Å². The van der Waals surface area contributed by atoms with Gasteiger partial charge in [-0.15, -0.1) is 0 Å². The summed E-state index contributed by atoms with van der Waals surface area (Å²) in [6.07, 6.45) is 1.53. The van der Waals surface area contributed by atoms with Gasteiger partial charge in [0.15, 0.2) is 4.34 Å². The number of pyridine rings is 1. The molecule has 0 aliphatic heterocycles. The highest BCUT2D eigenvalue weighted by Crippen LogP contribution is 2.26. The van der Waals surface area contributed by atoms with Gasteiger partial charge in [-0.1, -0.05) is 17.7 Å². The van der Waals surface area contributed by atoms with E-state index >= 15 is 0 Å². The maximum absolute atomic E-state index is 5.73. The Labute approximate surface area is 88.4 Å². The number of halogens is 1. The van der Waals surface area contributed by atoms with E-state index in [-0.39, 0.29) is 0 Å². The molecule has 66 valence electrons. The highest BCUT2D eigenvalue weighted by atomic mass is 35.5. The van der Waals surface area contributed by atoms with E-state index in [9.17, 15) is 0 Å². The molecule has 6 heteroatoms. The van der Waals surface area contributed by atoms with Crippen molar-refractivity contribution in [3.8, 4) is 0 Å². The van der Waals surface area contributed by atoms with Gasteiger partial charge in [-0.25, -0.2) is 9.97 Å². The largest absolute Gasteiger partial charge is 0.229 e. The van der Waals surface area contributed by atoms with E-state index in [2.05, 4.69) is 14.3 Å². The van der Waals surface area contributed by atoms with Crippen LogP contribution in [0.5, 0.6) is 0 Å². The molecule has 0 unspecified atom stereocenters. The van der Waals surface area contributed by atoms with Crippen LogP contribution in [-0.2, 0) is 0 Å². The average Bonchev–Trinajstić information content (AvgIpc) is 2.57. The van der Waals surface area contributed by atoms with Crippen LogP contribution in [-0.4, -0.2) is 14.3 Å². The maximum atomic E-state index is 5.73. The zero-order chi connectivity index (χ0) is 9.10. The van der Waals surface area contributed by atoms with Gasteiger partial charge in [-0.3, -0.25) is 0 Å². The van der Waals surface area contributed by atoms with Crippen molar-refractivity contribution >= 4 is 34.9 Å². The average molecular weight is 230 g/mol. The molecule has 0 aliphatic rings. The Morgan fingerprint density at radius 2 is 2.31 bits per heavy atom. The van der Waals surface area contributed by atoms with Crippen LogP contribution in [0.3, 0.4) is 0 Å². The summed E-state index contributed by atoms with van der Waals surface area (Å²) < 4.78 is 4.76. The monoisotopic (exact) mass is 229 g/mol. The first-order chi connectivity index (χ1) is 6.34. The summed E-state index contributed by atoms with van der Waals surface area (Å²) >= 11 is 8.53. The van der Waals surface area contributed by atoms with Gasteiger partial charge in [-0.2, -0.15) is 4.37 Å². The van der Waals surface area contributed by atoms with Crippen LogP contribution in [0.1, 0.15) is 0 Å². The second-order valence-corrected chi connectivity index (χ2v) is 4.54. The lowest BCUT2D eigenvalue weighted by Crippen LogP contribution is -1.78. The zero-order valence-corrected chi connectivity index (χ0v) is 8.73. The van der Waals surface area contributed by atoms with Gasteiger partial charge >= 0.3 is 0 Å². The first kappa shape index (κ1) is 8.93. The van der Waals surface area contributed by atoms with Gasteiger partial charge in [-0.05, 0) is 35.4 Å². The van der Waals surface area contributed by atoms with Crippen LogP contribution in [0, 0.1) is 0 Å². The van der Waals surface area contributed by atoms with E-state index in [1.807, 2.05) is 12.1 Å². The lowest BCUT2D eigenvalue weighted by atomic mass is 10.5. The lowest BCUT2D eigenvalue weighted by molar-refractivity contribution is 1.12. The standard InChI is InChI=1S/C7H4ClN3S2/c8-5-2-1-3-6(11-5)12-7-9-4-10-13-7/h1-4H. The summed E-state index contributed by atoms with van der Waals surface area (Å²) in [6.45, 7) is 0. The molecule has 0 aliphatic carbocycles. The number of aromatic nitrogens is 3. The Bertz CT molecular complexity index is 390. The first-order valence-electron chi connectivity index (χ1n) is 3.42. The van der Waals surface area contributed by atoms with Crippen LogP contribution < -0.4 is 0 Å². The summed E-state index contributed by atoms with van der Waals surface area (Å²) in [5, 5.41) is 1.33. The van der Waals surface area contributed by atoms with Crippen LogP contribution in [0.15, 0.2) is 33.9 Å². The number of hydrogen-bond acceptors (Lipinski definition) is 5. The summed E-state index contributed by atoms with van der Waals surface area (Å²) in [7, 11) is 0. The first-order valence-corrected chi connectivity index (χ1v) is 5.38. The maximum Gasteiger partial charge on any atom is 0.175 e. The van der Waals surface area contributed by atoms with Crippen LogP contribution in [0.2, 0.25) is 5.15 Å². The minimum atomic E-state index is 0.495. The molecule has 0 fully saturated rings. The molecule has 3 nitrogen and oxygen atoms in total. The van der Waals surface area contributed by atoms with Gasteiger partial charge < -0.3 is 0 Å². The van der Waals surface area contributed by atoms with Crippen molar-refractivity contribution in [2.45, 2.75) is 9.37 Å². The molecule has 0 spiro atoms. The Morgan fingerprint density at radius 3 is 3.00 bits per heavy atom. The van der Waals surface area contributed by atoms with Gasteiger partial charge in [0.2, 0.25) is 0 Å². The topological polar surface area (TPSA) is 38.7 Å². The Morgan fingerprint density at radius 1 is 1.38 bits per heavy atom.